The molecule has 114 valence electrons. The van der Waals surface area contributed by atoms with Gasteiger partial charge >= 0.3 is 0 Å². The first kappa shape index (κ1) is 16.0. The Balaban J connectivity index is 2.04. The molecule has 0 atom stereocenters. The van der Waals surface area contributed by atoms with Crippen LogP contribution in [0.25, 0.3) is 0 Å². The molecule has 2 N–H and O–H groups in total. The third-order valence-electron chi connectivity index (χ3n) is 2.98. The van der Waals surface area contributed by atoms with Crippen LogP contribution in [-0.2, 0) is 16.6 Å². The average Bonchev–Trinajstić information content (AvgIpc) is 2.81. The molecule has 1 aromatic carbocycles. The number of benzene rings is 1. The van der Waals surface area contributed by atoms with Gasteiger partial charge in [0, 0.05) is 23.2 Å². The molecule has 4 nitrogen and oxygen atoms in total. The highest BCUT2D eigenvalue weighted by Crippen LogP contribution is 2.19. The van der Waals surface area contributed by atoms with Gasteiger partial charge < -0.3 is 5.32 Å². The SMILES string of the molecule is Cc1ccsc1CNc1ccc(S(=O)(=O)NC(C)C)cc1. The topological polar surface area (TPSA) is 58.2 Å². The van der Waals surface area contributed by atoms with Crippen LogP contribution >= 0.6 is 11.3 Å². The van der Waals surface area contributed by atoms with Gasteiger partial charge in [0.2, 0.25) is 10.0 Å². The van der Waals surface area contributed by atoms with Crippen LogP contribution in [0, 0.1) is 6.92 Å². The number of hydrogen-bond acceptors (Lipinski definition) is 4. The molecule has 0 bridgehead atoms. The third-order valence-corrected chi connectivity index (χ3v) is 5.67. The summed E-state index contributed by atoms with van der Waals surface area (Å²) in [6.07, 6.45) is 0. The lowest BCUT2D eigenvalue weighted by Gasteiger charge is -2.11. The quantitative estimate of drug-likeness (QED) is 0.856. The zero-order valence-electron chi connectivity index (χ0n) is 12.4. The fraction of sp³-hybridized carbons (Fsp3) is 0.333. The van der Waals surface area contributed by atoms with Gasteiger partial charge in [-0.2, -0.15) is 0 Å². The summed E-state index contributed by atoms with van der Waals surface area (Å²) in [5.74, 6) is 0. The van der Waals surface area contributed by atoms with E-state index in [1.807, 2.05) is 0 Å². The van der Waals surface area contributed by atoms with Crippen LogP contribution in [0.4, 0.5) is 5.69 Å². The number of nitrogens with one attached hydrogen (secondary N) is 2. The molecule has 1 aromatic heterocycles. The van der Waals surface area contributed by atoms with E-state index in [2.05, 4.69) is 28.4 Å². The van der Waals surface area contributed by atoms with Crippen LogP contribution < -0.4 is 10.0 Å². The summed E-state index contributed by atoms with van der Waals surface area (Å²) in [4.78, 5) is 1.57. The summed E-state index contributed by atoms with van der Waals surface area (Å²) in [5, 5.41) is 5.37. The number of sulfonamides is 1. The Morgan fingerprint density at radius 1 is 1.14 bits per heavy atom. The second-order valence-electron chi connectivity index (χ2n) is 5.18. The van der Waals surface area contributed by atoms with Gasteiger partial charge in [-0.25, -0.2) is 13.1 Å². The number of hydrogen-bond donors (Lipinski definition) is 2. The number of aryl methyl sites for hydroxylation is 1. The lowest BCUT2D eigenvalue weighted by atomic mass is 10.2. The highest BCUT2D eigenvalue weighted by atomic mass is 32.2. The van der Waals surface area contributed by atoms with Crippen LogP contribution in [-0.4, -0.2) is 14.5 Å². The Bertz CT molecular complexity index is 689. The third kappa shape index (κ3) is 4.30. The van der Waals surface area contributed by atoms with Crippen molar-refractivity contribution in [3.63, 3.8) is 0 Å². The molecule has 0 amide bonds. The van der Waals surface area contributed by atoms with Crippen molar-refractivity contribution in [2.45, 2.75) is 38.3 Å². The molecule has 0 fully saturated rings. The van der Waals surface area contributed by atoms with Crippen molar-refractivity contribution in [3.05, 3.63) is 46.2 Å². The Labute approximate surface area is 130 Å². The van der Waals surface area contributed by atoms with Crippen molar-refractivity contribution in [2.24, 2.45) is 0 Å². The van der Waals surface area contributed by atoms with Gasteiger partial charge in [0.05, 0.1) is 4.90 Å². The summed E-state index contributed by atoms with van der Waals surface area (Å²) >= 11 is 1.71. The van der Waals surface area contributed by atoms with E-state index in [0.717, 1.165) is 12.2 Å². The fourth-order valence-electron chi connectivity index (χ4n) is 1.90. The van der Waals surface area contributed by atoms with E-state index >= 15 is 0 Å². The maximum Gasteiger partial charge on any atom is 0.240 e. The molecule has 6 heteroatoms. The maximum absolute atomic E-state index is 12.0. The summed E-state index contributed by atoms with van der Waals surface area (Å²) in [5.41, 5.74) is 2.18. The van der Waals surface area contributed by atoms with Crippen LogP contribution in [0.3, 0.4) is 0 Å². The first-order chi connectivity index (χ1) is 9.88. The lowest BCUT2D eigenvalue weighted by molar-refractivity contribution is 0.570. The van der Waals surface area contributed by atoms with Crippen molar-refractivity contribution in [1.29, 1.82) is 0 Å². The summed E-state index contributed by atoms with van der Waals surface area (Å²) in [6.45, 7) is 6.44. The molecule has 0 saturated heterocycles. The Hall–Kier alpha value is -1.37. The van der Waals surface area contributed by atoms with Gasteiger partial charge in [0.15, 0.2) is 0 Å². The molecular formula is C15H20N2O2S2. The molecule has 1 heterocycles. The van der Waals surface area contributed by atoms with E-state index < -0.39 is 10.0 Å². The maximum atomic E-state index is 12.0. The van der Waals surface area contributed by atoms with Crippen LogP contribution in [0.15, 0.2) is 40.6 Å². The Morgan fingerprint density at radius 3 is 2.33 bits per heavy atom. The van der Waals surface area contributed by atoms with Gasteiger partial charge in [0.1, 0.15) is 0 Å². The molecule has 2 aromatic rings. The second-order valence-corrected chi connectivity index (χ2v) is 7.90. The number of rotatable bonds is 6. The lowest BCUT2D eigenvalue weighted by Crippen LogP contribution is -2.30. The van der Waals surface area contributed by atoms with Gasteiger partial charge in [0.25, 0.3) is 0 Å². The molecule has 0 radical (unpaired) electrons. The molecule has 0 aliphatic heterocycles. The van der Waals surface area contributed by atoms with E-state index in [4.69, 9.17) is 0 Å². The van der Waals surface area contributed by atoms with E-state index in [-0.39, 0.29) is 10.9 Å². The minimum absolute atomic E-state index is 0.116. The second kappa shape index (κ2) is 6.60. The van der Waals surface area contributed by atoms with Gasteiger partial charge in [-0.3, -0.25) is 0 Å². The standard InChI is InChI=1S/C15H20N2O2S2/c1-11(2)17-21(18,19)14-6-4-13(5-7-14)16-10-15-12(3)8-9-20-15/h4-9,11,16-17H,10H2,1-3H3. The largest absolute Gasteiger partial charge is 0.380 e. The smallest absolute Gasteiger partial charge is 0.240 e. The predicted molar refractivity (Wildman–Crippen MR) is 88.3 cm³/mol. The predicted octanol–water partition coefficient (Wildman–Crippen LogP) is 3.36. The van der Waals surface area contributed by atoms with Crippen molar-refractivity contribution in [1.82, 2.24) is 4.72 Å². The molecule has 0 spiro atoms. The monoisotopic (exact) mass is 324 g/mol. The van der Waals surface area contributed by atoms with Crippen LogP contribution in [0.1, 0.15) is 24.3 Å². The van der Waals surface area contributed by atoms with Gasteiger partial charge in [-0.1, -0.05) is 0 Å². The fourth-order valence-corrected chi connectivity index (χ4v) is 3.99. The van der Waals surface area contributed by atoms with Gasteiger partial charge in [-0.15, -0.1) is 11.3 Å². The Morgan fingerprint density at radius 2 is 1.81 bits per heavy atom. The van der Waals surface area contributed by atoms with Gasteiger partial charge in [-0.05, 0) is 62.0 Å². The van der Waals surface area contributed by atoms with E-state index in [0.29, 0.717) is 0 Å². The molecular weight excluding hydrogens is 304 g/mol. The number of thiophene rings is 1. The minimum Gasteiger partial charge on any atom is -0.380 e. The molecule has 21 heavy (non-hydrogen) atoms. The summed E-state index contributed by atoms with van der Waals surface area (Å²) in [6, 6.07) is 8.79. The zero-order chi connectivity index (χ0) is 15.5. The van der Waals surface area contributed by atoms with E-state index in [1.165, 1.54) is 10.4 Å². The zero-order valence-corrected chi connectivity index (χ0v) is 14.0. The summed E-state index contributed by atoms with van der Waals surface area (Å²) < 4.78 is 26.6. The molecule has 0 aliphatic rings. The molecule has 0 aliphatic carbocycles. The van der Waals surface area contributed by atoms with Crippen LogP contribution in [0.5, 0.6) is 0 Å². The highest BCUT2D eigenvalue weighted by Gasteiger charge is 2.14. The van der Waals surface area contributed by atoms with Crippen molar-refractivity contribution in [2.75, 3.05) is 5.32 Å². The van der Waals surface area contributed by atoms with Crippen LogP contribution in [0.2, 0.25) is 0 Å². The summed E-state index contributed by atoms with van der Waals surface area (Å²) in [7, 11) is -3.42. The first-order valence-electron chi connectivity index (χ1n) is 6.78. The minimum atomic E-state index is -3.42. The average molecular weight is 324 g/mol. The highest BCUT2D eigenvalue weighted by molar-refractivity contribution is 7.89. The van der Waals surface area contributed by atoms with Crippen molar-refractivity contribution < 1.29 is 8.42 Å². The van der Waals surface area contributed by atoms with Crippen molar-refractivity contribution in [3.8, 4) is 0 Å². The molecule has 0 unspecified atom stereocenters. The van der Waals surface area contributed by atoms with Crippen molar-refractivity contribution >= 4 is 27.0 Å². The van der Waals surface area contributed by atoms with E-state index in [9.17, 15) is 8.42 Å². The molecule has 0 saturated carbocycles. The number of anilines is 1. The van der Waals surface area contributed by atoms with E-state index in [1.54, 1.807) is 49.4 Å². The molecule has 2 rings (SSSR count). The first-order valence-corrected chi connectivity index (χ1v) is 9.14. The Kier molecular flexibility index (Phi) is 5.03. The normalized spacial score (nSPS) is 11.8.